The van der Waals surface area contributed by atoms with Crippen molar-refractivity contribution >= 4 is 11.6 Å². The lowest BCUT2D eigenvalue weighted by molar-refractivity contribution is -0.385. The lowest BCUT2D eigenvalue weighted by Crippen LogP contribution is -2.33. The van der Waals surface area contributed by atoms with Crippen LogP contribution < -0.4 is 10.1 Å². The molecule has 6 nitrogen and oxygen atoms in total. The van der Waals surface area contributed by atoms with Crippen LogP contribution in [0.4, 0.5) is 5.69 Å². The zero-order chi connectivity index (χ0) is 17.2. The second-order valence-corrected chi connectivity index (χ2v) is 7.04. The summed E-state index contributed by atoms with van der Waals surface area (Å²) in [7, 11) is 1.35. The minimum atomic E-state index is -0.500. The Kier molecular flexibility index (Phi) is 4.92. The van der Waals surface area contributed by atoms with Crippen molar-refractivity contribution in [2.45, 2.75) is 57.9 Å². The third kappa shape index (κ3) is 3.81. The van der Waals surface area contributed by atoms with Gasteiger partial charge in [0.1, 0.15) is 0 Å². The maximum atomic E-state index is 12.6. The van der Waals surface area contributed by atoms with E-state index in [1.54, 1.807) is 6.07 Å². The number of hydrogen-bond donors (Lipinski definition) is 1. The van der Waals surface area contributed by atoms with E-state index < -0.39 is 4.92 Å². The first kappa shape index (κ1) is 17.2. The third-order valence-electron chi connectivity index (χ3n) is 4.27. The second kappa shape index (κ2) is 6.56. The van der Waals surface area contributed by atoms with Gasteiger partial charge in [0.15, 0.2) is 0 Å². The number of nitrogens with one attached hydrogen (secondary N) is 1. The van der Waals surface area contributed by atoms with Gasteiger partial charge in [0.05, 0.1) is 17.6 Å². The summed E-state index contributed by atoms with van der Waals surface area (Å²) in [5.74, 6) is -0.276. The van der Waals surface area contributed by atoms with E-state index in [2.05, 4.69) is 5.32 Å². The highest BCUT2D eigenvalue weighted by Gasteiger charge is 2.29. The van der Waals surface area contributed by atoms with E-state index in [4.69, 9.17) is 4.74 Å². The molecular weight excluding hydrogens is 296 g/mol. The average molecular weight is 320 g/mol. The molecule has 1 aromatic carbocycles. The van der Waals surface area contributed by atoms with Crippen LogP contribution in [-0.2, 0) is 5.41 Å². The number of rotatable bonds is 4. The van der Waals surface area contributed by atoms with Crippen molar-refractivity contribution in [3.63, 3.8) is 0 Å². The summed E-state index contributed by atoms with van der Waals surface area (Å²) >= 11 is 0. The van der Waals surface area contributed by atoms with Gasteiger partial charge in [-0.25, -0.2) is 0 Å². The fraction of sp³-hybridized carbons (Fsp3) is 0.588. The molecule has 1 aliphatic carbocycles. The number of amides is 1. The Balaban J connectivity index is 2.48. The lowest BCUT2D eigenvalue weighted by atomic mass is 9.85. The van der Waals surface area contributed by atoms with Gasteiger partial charge in [0.2, 0.25) is 5.75 Å². The molecule has 0 radical (unpaired) electrons. The average Bonchev–Trinajstić information content (AvgIpc) is 2.97. The number of hydrogen-bond acceptors (Lipinski definition) is 4. The van der Waals surface area contributed by atoms with Gasteiger partial charge in [-0.2, -0.15) is 0 Å². The summed E-state index contributed by atoms with van der Waals surface area (Å²) in [4.78, 5) is 23.5. The van der Waals surface area contributed by atoms with Crippen molar-refractivity contribution in [2.24, 2.45) is 0 Å². The second-order valence-electron chi connectivity index (χ2n) is 7.04. The van der Waals surface area contributed by atoms with Crippen LogP contribution in [0.25, 0.3) is 0 Å². The highest BCUT2D eigenvalue weighted by molar-refractivity contribution is 5.98. The van der Waals surface area contributed by atoms with Crippen LogP contribution in [0.1, 0.15) is 62.4 Å². The monoisotopic (exact) mass is 320 g/mol. The third-order valence-corrected chi connectivity index (χ3v) is 4.27. The predicted molar refractivity (Wildman–Crippen MR) is 88.1 cm³/mol. The summed E-state index contributed by atoms with van der Waals surface area (Å²) in [5, 5.41) is 14.3. The van der Waals surface area contributed by atoms with Crippen LogP contribution in [0.15, 0.2) is 12.1 Å². The van der Waals surface area contributed by atoms with E-state index in [0.717, 1.165) is 31.2 Å². The first-order valence-corrected chi connectivity index (χ1v) is 7.92. The molecule has 0 aliphatic heterocycles. The highest BCUT2D eigenvalue weighted by Crippen LogP contribution is 2.36. The molecule has 1 saturated carbocycles. The summed E-state index contributed by atoms with van der Waals surface area (Å²) < 4.78 is 5.19. The number of ether oxygens (including phenoxy) is 1. The first-order chi connectivity index (χ1) is 10.7. The zero-order valence-corrected chi connectivity index (χ0v) is 14.1. The molecule has 1 aliphatic rings. The van der Waals surface area contributed by atoms with Gasteiger partial charge in [0.25, 0.3) is 5.91 Å². The van der Waals surface area contributed by atoms with Crippen LogP contribution in [0.2, 0.25) is 0 Å². The van der Waals surface area contributed by atoms with E-state index >= 15 is 0 Å². The lowest BCUT2D eigenvalue weighted by Gasteiger charge is -2.21. The molecule has 0 aromatic heterocycles. The Morgan fingerprint density at radius 1 is 1.30 bits per heavy atom. The van der Waals surface area contributed by atoms with Crippen LogP contribution in [0.3, 0.4) is 0 Å². The van der Waals surface area contributed by atoms with Crippen molar-refractivity contribution in [3.8, 4) is 5.75 Å². The highest BCUT2D eigenvalue weighted by atomic mass is 16.6. The van der Waals surface area contributed by atoms with E-state index in [1.165, 1.54) is 13.2 Å². The van der Waals surface area contributed by atoms with E-state index in [0.29, 0.717) is 0 Å². The molecule has 6 heteroatoms. The Morgan fingerprint density at radius 2 is 1.91 bits per heavy atom. The summed E-state index contributed by atoms with van der Waals surface area (Å²) in [6.45, 7) is 5.87. The molecule has 0 atom stereocenters. The van der Waals surface area contributed by atoms with Crippen LogP contribution in [-0.4, -0.2) is 24.0 Å². The Labute approximate surface area is 136 Å². The predicted octanol–water partition coefficient (Wildman–Crippen LogP) is 3.57. The van der Waals surface area contributed by atoms with Gasteiger partial charge in [-0.15, -0.1) is 0 Å². The van der Waals surface area contributed by atoms with Gasteiger partial charge in [-0.1, -0.05) is 33.6 Å². The van der Waals surface area contributed by atoms with Crippen molar-refractivity contribution in [3.05, 3.63) is 33.4 Å². The molecule has 1 aromatic rings. The topological polar surface area (TPSA) is 81.5 Å². The summed E-state index contributed by atoms with van der Waals surface area (Å²) in [6.07, 6.45) is 4.11. The normalized spacial score (nSPS) is 15.5. The van der Waals surface area contributed by atoms with Crippen LogP contribution in [0.5, 0.6) is 5.75 Å². The SMILES string of the molecule is COc1c(C(=O)NC2CCCC2)cc(C(C)(C)C)cc1[N+](=O)[O-]. The van der Waals surface area contributed by atoms with E-state index in [-0.39, 0.29) is 34.4 Å². The molecule has 0 unspecified atom stereocenters. The molecule has 0 heterocycles. The fourth-order valence-corrected chi connectivity index (χ4v) is 2.90. The molecule has 1 fully saturated rings. The van der Waals surface area contributed by atoms with E-state index in [9.17, 15) is 14.9 Å². The Morgan fingerprint density at radius 3 is 2.39 bits per heavy atom. The molecule has 126 valence electrons. The standard InChI is InChI=1S/C17H24N2O4/c1-17(2,3)11-9-13(15(23-4)14(10-11)19(21)22)16(20)18-12-7-5-6-8-12/h9-10,12H,5-8H2,1-4H3,(H,18,20). The summed E-state index contributed by atoms with van der Waals surface area (Å²) in [6, 6.07) is 3.34. The number of benzene rings is 1. The molecule has 0 spiro atoms. The van der Waals surface area contributed by atoms with Crippen molar-refractivity contribution in [2.75, 3.05) is 7.11 Å². The number of nitro groups is 1. The molecule has 0 bridgehead atoms. The van der Waals surface area contributed by atoms with Gasteiger partial charge >= 0.3 is 5.69 Å². The smallest absolute Gasteiger partial charge is 0.312 e. The first-order valence-electron chi connectivity index (χ1n) is 7.92. The minimum absolute atomic E-state index is 0.0264. The van der Waals surface area contributed by atoms with Gasteiger partial charge in [-0.3, -0.25) is 14.9 Å². The molecule has 2 rings (SSSR count). The fourth-order valence-electron chi connectivity index (χ4n) is 2.90. The van der Waals surface area contributed by atoms with Crippen LogP contribution in [0, 0.1) is 10.1 Å². The number of nitro benzene ring substituents is 1. The van der Waals surface area contributed by atoms with Crippen molar-refractivity contribution < 1.29 is 14.5 Å². The number of carbonyl (C=O) groups is 1. The van der Waals surface area contributed by atoms with E-state index in [1.807, 2.05) is 20.8 Å². The summed E-state index contributed by atoms with van der Waals surface area (Å²) in [5.41, 5.74) is 0.496. The van der Waals surface area contributed by atoms with Gasteiger partial charge < -0.3 is 10.1 Å². The molecule has 1 N–H and O–H groups in total. The molecular formula is C17H24N2O4. The molecule has 23 heavy (non-hydrogen) atoms. The Bertz CT molecular complexity index is 614. The number of carbonyl (C=O) groups excluding carboxylic acids is 1. The van der Waals surface area contributed by atoms with Crippen LogP contribution >= 0.6 is 0 Å². The van der Waals surface area contributed by atoms with Crippen molar-refractivity contribution in [1.29, 1.82) is 0 Å². The minimum Gasteiger partial charge on any atom is -0.490 e. The largest absolute Gasteiger partial charge is 0.490 e. The van der Waals surface area contributed by atoms with Gasteiger partial charge in [0, 0.05) is 12.1 Å². The molecule has 1 amide bonds. The quantitative estimate of drug-likeness (QED) is 0.679. The van der Waals surface area contributed by atoms with Crippen molar-refractivity contribution in [1.82, 2.24) is 5.32 Å². The zero-order valence-electron chi connectivity index (χ0n) is 14.1. The Hall–Kier alpha value is -2.11. The molecule has 0 saturated heterocycles. The number of methoxy groups -OCH3 is 1. The number of nitrogens with zero attached hydrogens (tertiary/aromatic N) is 1. The van der Waals surface area contributed by atoms with Gasteiger partial charge in [-0.05, 0) is 29.9 Å². The maximum Gasteiger partial charge on any atom is 0.312 e. The maximum absolute atomic E-state index is 12.6.